The Bertz CT molecular complexity index is 376. The highest BCUT2D eigenvalue weighted by Gasteiger charge is 2.15. The lowest BCUT2D eigenvalue weighted by Gasteiger charge is -2.20. The zero-order chi connectivity index (χ0) is 13.7. The first kappa shape index (κ1) is 15.2. The molecular formula is C15H25NO2. The van der Waals surface area contributed by atoms with Gasteiger partial charge in [-0.15, -0.1) is 0 Å². The average Bonchev–Trinajstić information content (AvgIpc) is 2.32. The molecule has 1 aromatic rings. The maximum absolute atomic E-state index is 10.3. The summed E-state index contributed by atoms with van der Waals surface area (Å²) < 4.78 is 0. The maximum Gasteiger partial charge on any atom is 0.0919 e. The molecule has 3 nitrogen and oxygen atoms in total. The number of aliphatic hydroxyl groups is 2. The van der Waals surface area contributed by atoms with Gasteiger partial charge in [0.1, 0.15) is 0 Å². The Morgan fingerprint density at radius 2 is 1.67 bits per heavy atom. The van der Waals surface area contributed by atoms with Gasteiger partial charge in [0.2, 0.25) is 0 Å². The van der Waals surface area contributed by atoms with E-state index in [4.69, 9.17) is 5.11 Å². The summed E-state index contributed by atoms with van der Waals surface area (Å²) in [7, 11) is 0. The maximum atomic E-state index is 10.3. The smallest absolute Gasteiger partial charge is 0.0919 e. The van der Waals surface area contributed by atoms with Crippen LogP contribution < -0.4 is 5.32 Å². The Morgan fingerprint density at radius 1 is 1.11 bits per heavy atom. The van der Waals surface area contributed by atoms with Crippen LogP contribution in [0.15, 0.2) is 6.07 Å². The minimum absolute atomic E-state index is 0.185. The van der Waals surface area contributed by atoms with E-state index in [-0.39, 0.29) is 6.61 Å². The second-order valence-corrected chi connectivity index (χ2v) is 4.97. The van der Waals surface area contributed by atoms with Crippen LogP contribution in [0.3, 0.4) is 0 Å². The van der Waals surface area contributed by atoms with Gasteiger partial charge in [-0.2, -0.15) is 0 Å². The third-order valence-electron chi connectivity index (χ3n) is 3.61. The lowest BCUT2D eigenvalue weighted by Crippen LogP contribution is -2.24. The van der Waals surface area contributed by atoms with Crippen molar-refractivity contribution < 1.29 is 10.2 Å². The molecule has 0 aliphatic heterocycles. The summed E-state index contributed by atoms with van der Waals surface area (Å²) in [4.78, 5) is 0. The van der Waals surface area contributed by atoms with Gasteiger partial charge in [0.05, 0.1) is 6.10 Å². The molecule has 0 bridgehead atoms. The molecule has 0 aliphatic carbocycles. The van der Waals surface area contributed by atoms with Crippen molar-refractivity contribution in [2.24, 2.45) is 0 Å². The molecule has 1 rings (SSSR count). The van der Waals surface area contributed by atoms with Crippen LogP contribution in [0, 0.1) is 27.7 Å². The van der Waals surface area contributed by atoms with E-state index >= 15 is 0 Å². The fraction of sp³-hybridized carbons (Fsp3) is 0.600. The normalized spacial score (nSPS) is 12.8. The number of rotatable bonds is 6. The minimum Gasteiger partial charge on any atom is -0.396 e. The first-order chi connectivity index (χ1) is 8.49. The molecule has 18 heavy (non-hydrogen) atoms. The predicted octanol–water partition coefficient (Wildman–Crippen LogP) is 1.93. The van der Waals surface area contributed by atoms with Crippen molar-refractivity contribution in [1.82, 2.24) is 5.32 Å². The van der Waals surface area contributed by atoms with Gasteiger partial charge >= 0.3 is 0 Å². The molecule has 1 aromatic carbocycles. The fourth-order valence-corrected chi connectivity index (χ4v) is 2.29. The summed E-state index contributed by atoms with van der Waals surface area (Å²) in [6, 6.07) is 2.17. The van der Waals surface area contributed by atoms with Crippen molar-refractivity contribution in [1.29, 1.82) is 0 Å². The van der Waals surface area contributed by atoms with Crippen LogP contribution in [0.4, 0.5) is 0 Å². The molecule has 0 aromatic heterocycles. The SMILES string of the molecule is Cc1cc(C)c(C)c(C(O)CNCCCO)c1C. The number of benzene rings is 1. The number of aliphatic hydroxyl groups excluding tert-OH is 2. The topological polar surface area (TPSA) is 52.5 Å². The summed E-state index contributed by atoms with van der Waals surface area (Å²) in [6.45, 7) is 9.74. The van der Waals surface area contributed by atoms with Gasteiger partial charge in [0.25, 0.3) is 0 Å². The molecule has 0 spiro atoms. The third kappa shape index (κ3) is 3.55. The van der Waals surface area contributed by atoms with Crippen LogP contribution in [-0.4, -0.2) is 29.9 Å². The molecule has 0 heterocycles. The van der Waals surface area contributed by atoms with Crippen molar-refractivity contribution >= 4 is 0 Å². The van der Waals surface area contributed by atoms with Gasteiger partial charge in [-0.25, -0.2) is 0 Å². The average molecular weight is 251 g/mol. The molecule has 0 saturated carbocycles. The Hall–Kier alpha value is -0.900. The van der Waals surface area contributed by atoms with Gasteiger partial charge in [-0.1, -0.05) is 6.07 Å². The van der Waals surface area contributed by atoms with Crippen LogP contribution in [0.5, 0.6) is 0 Å². The van der Waals surface area contributed by atoms with Gasteiger partial charge in [0.15, 0.2) is 0 Å². The van der Waals surface area contributed by atoms with Crippen molar-refractivity contribution in [3.63, 3.8) is 0 Å². The minimum atomic E-state index is -0.484. The van der Waals surface area contributed by atoms with Gasteiger partial charge in [-0.3, -0.25) is 0 Å². The monoisotopic (exact) mass is 251 g/mol. The van der Waals surface area contributed by atoms with Gasteiger partial charge in [-0.05, 0) is 68.5 Å². The van der Waals surface area contributed by atoms with Crippen LogP contribution in [0.2, 0.25) is 0 Å². The summed E-state index contributed by atoms with van der Waals surface area (Å²) in [6.07, 6.45) is 0.236. The standard InChI is InChI=1S/C15H25NO2/c1-10-8-11(2)13(4)15(12(10)3)14(18)9-16-6-5-7-17/h8,14,16-18H,5-7,9H2,1-4H3. The van der Waals surface area contributed by atoms with E-state index < -0.39 is 6.10 Å². The molecule has 0 saturated heterocycles. The van der Waals surface area contributed by atoms with E-state index in [2.05, 4.69) is 39.1 Å². The highest BCUT2D eigenvalue weighted by atomic mass is 16.3. The Morgan fingerprint density at radius 3 is 2.17 bits per heavy atom. The van der Waals surface area contributed by atoms with Gasteiger partial charge in [0, 0.05) is 13.2 Å². The molecule has 102 valence electrons. The summed E-state index contributed by atoms with van der Waals surface area (Å²) >= 11 is 0. The molecule has 0 amide bonds. The highest BCUT2D eigenvalue weighted by molar-refractivity contribution is 5.45. The predicted molar refractivity (Wildman–Crippen MR) is 74.9 cm³/mol. The van der Waals surface area contributed by atoms with Crippen molar-refractivity contribution in [3.8, 4) is 0 Å². The zero-order valence-corrected chi connectivity index (χ0v) is 11.9. The fourth-order valence-electron chi connectivity index (χ4n) is 2.29. The van der Waals surface area contributed by atoms with Crippen LogP contribution in [0.1, 0.15) is 40.3 Å². The molecular weight excluding hydrogens is 226 g/mol. The third-order valence-corrected chi connectivity index (χ3v) is 3.61. The van der Waals surface area contributed by atoms with E-state index in [0.29, 0.717) is 6.54 Å². The molecule has 1 unspecified atom stereocenters. The summed E-state index contributed by atoms with van der Waals surface area (Å²) in [5.41, 5.74) is 5.85. The number of nitrogens with one attached hydrogen (secondary N) is 1. The molecule has 0 fully saturated rings. The lowest BCUT2D eigenvalue weighted by atomic mass is 9.91. The number of aryl methyl sites for hydroxylation is 2. The zero-order valence-electron chi connectivity index (χ0n) is 11.9. The van der Waals surface area contributed by atoms with Crippen LogP contribution in [0.25, 0.3) is 0 Å². The van der Waals surface area contributed by atoms with Crippen molar-refractivity contribution in [2.75, 3.05) is 19.7 Å². The Kier molecular flexibility index (Phi) is 5.79. The van der Waals surface area contributed by atoms with E-state index in [0.717, 1.165) is 18.5 Å². The highest BCUT2D eigenvalue weighted by Crippen LogP contribution is 2.26. The van der Waals surface area contributed by atoms with Crippen molar-refractivity contribution in [2.45, 2.75) is 40.2 Å². The van der Waals surface area contributed by atoms with E-state index in [1.165, 1.54) is 22.3 Å². The molecule has 1 atom stereocenters. The molecule has 0 aliphatic rings. The van der Waals surface area contributed by atoms with Crippen molar-refractivity contribution in [3.05, 3.63) is 33.9 Å². The van der Waals surface area contributed by atoms with E-state index in [1.54, 1.807) is 0 Å². The molecule has 3 N–H and O–H groups in total. The summed E-state index contributed by atoms with van der Waals surface area (Å²) in [5, 5.41) is 22.2. The Labute approximate surface area is 110 Å². The molecule has 0 radical (unpaired) electrons. The summed E-state index contributed by atoms with van der Waals surface area (Å²) in [5.74, 6) is 0. The first-order valence-corrected chi connectivity index (χ1v) is 6.56. The van der Waals surface area contributed by atoms with Crippen LogP contribution in [-0.2, 0) is 0 Å². The van der Waals surface area contributed by atoms with E-state index in [9.17, 15) is 5.11 Å². The quantitative estimate of drug-likeness (QED) is 0.677. The Balaban J connectivity index is 2.81. The number of hydrogen-bond acceptors (Lipinski definition) is 3. The number of hydrogen-bond donors (Lipinski definition) is 3. The van der Waals surface area contributed by atoms with Crippen LogP contribution >= 0.6 is 0 Å². The molecule has 3 heteroatoms. The van der Waals surface area contributed by atoms with E-state index in [1.807, 2.05) is 0 Å². The lowest BCUT2D eigenvalue weighted by molar-refractivity contribution is 0.171. The first-order valence-electron chi connectivity index (χ1n) is 6.56. The largest absolute Gasteiger partial charge is 0.396 e. The van der Waals surface area contributed by atoms with Gasteiger partial charge < -0.3 is 15.5 Å². The second kappa shape index (κ2) is 6.88. The second-order valence-electron chi connectivity index (χ2n) is 4.97.